The molecule has 104 valence electrons. The van der Waals surface area contributed by atoms with Crippen molar-refractivity contribution in [2.75, 3.05) is 0 Å². The van der Waals surface area contributed by atoms with Gasteiger partial charge in [-0.25, -0.2) is 0 Å². The van der Waals surface area contributed by atoms with Gasteiger partial charge in [0.2, 0.25) is 5.78 Å². The van der Waals surface area contributed by atoms with E-state index in [4.69, 9.17) is 10.00 Å². The summed E-state index contributed by atoms with van der Waals surface area (Å²) in [5, 5.41) is 8.79. The van der Waals surface area contributed by atoms with Crippen molar-refractivity contribution in [1.82, 2.24) is 4.57 Å². The molecule has 1 aromatic carbocycles. The number of hydrogen-bond acceptors (Lipinski definition) is 4. The second-order valence-electron chi connectivity index (χ2n) is 4.98. The van der Waals surface area contributed by atoms with Gasteiger partial charge >= 0.3 is 5.97 Å². The minimum Gasteiger partial charge on any atom is -0.424 e. The topological polar surface area (TPSA) is 72.1 Å². The molecule has 1 aromatic heterocycles. The average Bonchev–Trinajstić information content (AvgIpc) is 2.97. The van der Waals surface area contributed by atoms with Crippen LogP contribution in [-0.2, 0) is 18.3 Å². The lowest BCUT2D eigenvalue weighted by Gasteiger charge is -2.06. The van der Waals surface area contributed by atoms with E-state index in [0.717, 1.165) is 5.69 Å². The zero-order valence-electron chi connectivity index (χ0n) is 11.6. The Bertz CT molecular complexity index is 776. The molecular weight excluding hydrogens is 268 g/mol. The highest BCUT2D eigenvalue weighted by atomic mass is 16.5. The number of rotatable bonds is 2. The molecule has 5 nitrogen and oxygen atoms in total. The third kappa shape index (κ3) is 1.93. The van der Waals surface area contributed by atoms with Crippen molar-refractivity contribution in [2.24, 2.45) is 7.05 Å². The Morgan fingerprint density at radius 2 is 2.00 bits per heavy atom. The number of benzene rings is 1. The normalized spacial score (nSPS) is 12.7. The number of carbonyl (C=O) groups is 2. The van der Waals surface area contributed by atoms with Crippen LogP contribution in [0.25, 0.3) is 0 Å². The van der Waals surface area contributed by atoms with Gasteiger partial charge in [-0.15, -0.1) is 0 Å². The summed E-state index contributed by atoms with van der Waals surface area (Å²) in [6, 6.07) is 8.50. The molecule has 0 amide bonds. The fourth-order valence-corrected chi connectivity index (χ4v) is 2.64. The number of carbonyl (C=O) groups excluding carboxylic acids is 2. The molecule has 0 radical (unpaired) electrons. The van der Waals surface area contributed by atoms with Gasteiger partial charge in [0.25, 0.3) is 0 Å². The Labute approximate surface area is 121 Å². The maximum Gasteiger partial charge on any atom is 0.317 e. The number of hydrogen-bond donors (Lipinski definition) is 0. The lowest BCUT2D eigenvalue weighted by Crippen LogP contribution is -2.13. The highest BCUT2D eigenvalue weighted by molar-refractivity contribution is 6.10. The molecule has 0 fully saturated rings. The van der Waals surface area contributed by atoms with E-state index in [1.54, 1.807) is 42.8 Å². The molecule has 2 heterocycles. The molecule has 0 unspecified atom stereocenters. The van der Waals surface area contributed by atoms with Gasteiger partial charge in [-0.05, 0) is 31.2 Å². The largest absolute Gasteiger partial charge is 0.424 e. The van der Waals surface area contributed by atoms with Gasteiger partial charge in [0.1, 0.15) is 0 Å². The SMILES string of the molecule is Cc1c2c(n(C)c1C(=O)c1ccc(C#N)cc1)CC(=O)O2. The summed E-state index contributed by atoms with van der Waals surface area (Å²) in [7, 11) is 1.75. The summed E-state index contributed by atoms with van der Waals surface area (Å²) in [4.78, 5) is 24.0. The first kappa shape index (κ1) is 13.1. The first-order chi connectivity index (χ1) is 10.0. The Kier molecular flexibility index (Phi) is 2.88. The highest BCUT2D eigenvalue weighted by Crippen LogP contribution is 2.35. The van der Waals surface area contributed by atoms with Gasteiger partial charge in [-0.1, -0.05) is 0 Å². The van der Waals surface area contributed by atoms with Crippen LogP contribution < -0.4 is 4.74 Å². The highest BCUT2D eigenvalue weighted by Gasteiger charge is 2.31. The monoisotopic (exact) mass is 280 g/mol. The van der Waals surface area contributed by atoms with Crippen LogP contribution in [0, 0.1) is 18.3 Å². The first-order valence-corrected chi connectivity index (χ1v) is 6.46. The van der Waals surface area contributed by atoms with Gasteiger partial charge in [0.15, 0.2) is 5.75 Å². The molecule has 0 N–H and O–H groups in total. The number of nitrogens with zero attached hydrogens (tertiary/aromatic N) is 2. The minimum atomic E-state index is -0.295. The van der Waals surface area contributed by atoms with Crippen LogP contribution in [0.1, 0.15) is 32.9 Å². The summed E-state index contributed by atoms with van der Waals surface area (Å²) in [6.45, 7) is 1.77. The summed E-state index contributed by atoms with van der Waals surface area (Å²) in [6.07, 6.45) is 0.188. The number of aromatic nitrogens is 1. The Morgan fingerprint density at radius 1 is 1.33 bits per heavy atom. The molecule has 0 bridgehead atoms. The van der Waals surface area contributed by atoms with Crippen molar-refractivity contribution in [2.45, 2.75) is 13.3 Å². The zero-order chi connectivity index (χ0) is 15.1. The number of ketones is 1. The molecular formula is C16H12N2O3. The van der Waals surface area contributed by atoms with E-state index in [-0.39, 0.29) is 18.2 Å². The predicted molar refractivity (Wildman–Crippen MR) is 74.1 cm³/mol. The van der Waals surface area contributed by atoms with E-state index in [1.165, 1.54) is 0 Å². The van der Waals surface area contributed by atoms with E-state index in [0.29, 0.717) is 28.1 Å². The quantitative estimate of drug-likeness (QED) is 0.622. The molecule has 0 saturated heterocycles. The van der Waals surface area contributed by atoms with Gasteiger partial charge in [0, 0.05) is 18.2 Å². The van der Waals surface area contributed by atoms with Crippen molar-refractivity contribution >= 4 is 11.8 Å². The lowest BCUT2D eigenvalue weighted by atomic mass is 10.0. The van der Waals surface area contributed by atoms with Gasteiger partial charge < -0.3 is 9.30 Å². The van der Waals surface area contributed by atoms with Crippen LogP contribution >= 0.6 is 0 Å². The molecule has 3 rings (SSSR count). The van der Waals surface area contributed by atoms with E-state index >= 15 is 0 Å². The van der Waals surface area contributed by atoms with Crippen LogP contribution in [0.4, 0.5) is 0 Å². The summed E-state index contributed by atoms with van der Waals surface area (Å²) < 4.78 is 6.88. The maximum absolute atomic E-state index is 12.6. The zero-order valence-corrected chi connectivity index (χ0v) is 11.6. The van der Waals surface area contributed by atoms with Crippen LogP contribution in [0.15, 0.2) is 24.3 Å². The molecule has 0 spiro atoms. The second kappa shape index (κ2) is 4.60. The van der Waals surface area contributed by atoms with E-state index in [1.807, 2.05) is 6.07 Å². The standard InChI is InChI=1S/C16H12N2O3/c1-9-14(18(2)12-7-13(19)21-16(9)12)15(20)11-5-3-10(8-17)4-6-11/h3-6H,7H2,1-2H3. The van der Waals surface area contributed by atoms with E-state index in [2.05, 4.69) is 0 Å². The molecule has 2 aromatic rings. The van der Waals surface area contributed by atoms with Crippen molar-refractivity contribution in [3.63, 3.8) is 0 Å². The molecule has 0 saturated carbocycles. The number of fused-ring (bicyclic) bond motifs is 1. The van der Waals surface area contributed by atoms with Crippen LogP contribution in [-0.4, -0.2) is 16.3 Å². The van der Waals surface area contributed by atoms with Crippen LogP contribution in [0.3, 0.4) is 0 Å². The first-order valence-electron chi connectivity index (χ1n) is 6.46. The number of ether oxygens (including phenoxy) is 1. The third-order valence-electron chi connectivity index (χ3n) is 3.72. The summed E-state index contributed by atoms with van der Waals surface area (Å²) in [5.74, 6) is 0.0560. The summed E-state index contributed by atoms with van der Waals surface area (Å²) >= 11 is 0. The third-order valence-corrected chi connectivity index (χ3v) is 3.72. The van der Waals surface area contributed by atoms with E-state index in [9.17, 15) is 9.59 Å². The minimum absolute atomic E-state index is 0.148. The predicted octanol–water partition coefficient (Wildman–Crippen LogP) is 1.90. The van der Waals surface area contributed by atoms with Crippen molar-refractivity contribution in [3.05, 3.63) is 52.3 Å². The lowest BCUT2D eigenvalue weighted by molar-refractivity contribution is -0.131. The average molecular weight is 280 g/mol. The van der Waals surface area contributed by atoms with Gasteiger partial charge in [-0.2, -0.15) is 5.26 Å². The van der Waals surface area contributed by atoms with Gasteiger partial charge in [-0.3, -0.25) is 9.59 Å². The van der Waals surface area contributed by atoms with Crippen LogP contribution in [0.5, 0.6) is 5.75 Å². The smallest absolute Gasteiger partial charge is 0.317 e. The second-order valence-corrected chi connectivity index (χ2v) is 4.98. The Morgan fingerprint density at radius 3 is 2.57 bits per heavy atom. The molecule has 1 aliphatic heterocycles. The fourth-order valence-electron chi connectivity index (χ4n) is 2.64. The summed E-state index contributed by atoms with van der Waals surface area (Å²) in [5.41, 5.74) is 2.92. The number of esters is 1. The Balaban J connectivity index is 2.05. The Hall–Kier alpha value is -2.87. The fraction of sp³-hybridized carbons (Fsp3) is 0.188. The molecule has 1 aliphatic rings. The number of nitriles is 1. The van der Waals surface area contributed by atoms with Crippen molar-refractivity contribution in [3.8, 4) is 11.8 Å². The van der Waals surface area contributed by atoms with Crippen molar-refractivity contribution < 1.29 is 14.3 Å². The van der Waals surface area contributed by atoms with E-state index < -0.39 is 0 Å². The molecule has 0 atom stereocenters. The maximum atomic E-state index is 12.6. The molecule has 0 aliphatic carbocycles. The van der Waals surface area contributed by atoms with Crippen LogP contribution in [0.2, 0.25) is 0 Å². The van der Waals surface area contributed by atoms with Gasteiger partial charge in [0.05, 0.1) is 29.4 Å². The molecule has 5 heteroatoms. The molecule has 21 heavy (non-hydrogen) atoms. The van der Waals surface area contributed by atoms with Crippen molar-refractivity contribution in [1.29, 1.82) is 5.26 Å².